The largest absolute Gasteiger partial charge is 0.238 e. The van der Waals surface area contributed by atoms with Crippen LogP contribution in [0.5, 0.6) is 0 Å². The molecule has 4 N–H and O–H groups in total. The second kappa shape index (κ2) is 9.11. The van der Waals surface area contributed by atoms with Gasteiger partial charge in [0.1, 0.15) is 0 Å². The molecule has 2 aromatic rings. The van der Waals surface area contributed by atoms with Gasteiger partial charge in [-0.3, -0.25) is 0 Å². The summed E-state index contributed by atoms with van der Waals surface area (Å²) < 4.78 is 51.7. The Hall–Kier alpha value is -0.780. The van der Waals surface area contributed by atoms with Crippen molar-refractivity contribution in [3.63, 3.8) is 0 Å². The quantitative estimate of drug-likeness (QED) is 0.474. The molecular formula is C22H30Br2N2O4S2. The van der Waals surface area contributed by atoms with Gasteiger partial charge in [-0.25, -0.2) is 27.1 Å². The normalized spacial score (nSPS) is 13.4. The number of halogens is 2. The maximum absolute atomic E-state index is 12.9. The van der Waals surface area contributed by atoms with Crippen LogP contribution in [0, 0.1) is 10.8 Å². The van der Waals surface area contributed by atoms with E-state index in [-0.39, 0.29) is 31.7 Å². The highest BCUT2D eigenvalue weighted by Crippen LogP contribution is 2.43. The molecule has 0 aliphatic carbocycles. The second-order valence-electron chi connectivity index (χ2n) is 10.4. The summed E-state index contributed by atoms with van der Waals surface area (Å²) in [6.07, 6.45) is 1.04. The van der Waals surface area contributed by atoms with E-state index in [0.29, 0.717) is 27.4 Å². The Labute approximate surface area is 208 Å². The standard InChI is InChI=1S/C22H30Br2N2O4S2/c1-21(2,3)11-13-9-16(15-8-7-14(23)10-18(15)31(25,27)28)20(32(26,29)30)17(19(13)24)12-22(4,5)6/h7-10H,11-12H2,1-6H3,(H2,25,27,28)(H2,26,29,30). The van der Waals surface area contributed by atoms with Crippen LogP contribution < -0.4 is 10.3 Å². The first-order valence-corrected chi connectivity index (χ1v) is 14.6. The first-order chi connectivity index (χ1) is 14.2. The van der Waals surface area contributed by atoms with Crippen molar-refractivity contribution in [3.8, 4) is 11.1 Å². The second-order valence-corrected chi connectivity index (χ2v) is 15.1. The van der Waals surface area contributed by atoms with E-state index in [1.807, 2.05) is 20.8 Å². The molecule has 0 fully saturated rings. The van der Waals surface area contributed by atoms with Crippen molar-refractivity contribution in [2.45, 2.75) is 64.2 Å². The van der Waals surface area contributed by atoms with Gasteiger partial charge >= 0.3 is 0 Å². The summed E-state index contributed by atoms with van der Waals surface area (Å²) in [5.41, 5.74) is 1.44. The molecule has 0 spiro atoms. The molecule has 0 saturated carbocycles. The molecule has 0 radical (unpaired) electrons. The highest BCUT2D eigenvalue weighted by atomic mass is 79.9. The van der Waals surface area contributed by atoms with E-state index in [2.05, 4.69) is 52.6 Å². The van der Waals surface area contributed by atoms with Crippen LogP contribution in [-0.2, 0) is 32.9 Å². The molecule has 10 heteroatoms. The number of sulfonamides is 2. The van der Waals surface area contributed by atoms with Crippen LogP contribution >= 0.6 is 31.9 Å². The molecule has 0 bridgehead atoms. The fourth-order valence-corrected chi connectivity index (χ4v) is 6.63. The van der Waals surface area contributed by atoms with Crippen molar-refractivity contribution < 1.29 is 16.8 Å². The van der Waals surface area contributed by atoms with Gasteiger partial charge in [-0.15, -0.1) is 0 Å². The predicted octanol–water partition coefficient (Wildman–Crippen LogP) is 5.35. The van der Waals surface area contributed by atoms with Crippen LogP contribution in [0.25, 0.3) is 11.1 Å². The third kappa shape index (κ3) is 6.87. The molecule has 2 aromatic carbocycles. The lowest BCUT2D eigenvalue weighted by Gasteiger charge is -2.27. The fraction of sp³-hybridized carbons (Fsp3) is 0.455. The molecule has 0 aliphatic heterocycles. The van der Waals surface area contributed by atoms with Gasteiger partial charge in [-0.05, 0) is 53.0 Å². The van der Waals surface area contributed by atoms with Crippen molar-refractivity contribution >= 4 is 51.9 Å². The lowest BCUT2D eigenvalue weighted by molar-refractivity contribution is 0.401. The lowest BCUT2D eigenvalue weighted by atomic mass is 9.83. The zero-order valence-electron chi connectivity index (χ0n) is 19.1. The van der Waals surface area contributed by atoms with E-state index in [1.54, 1.807) is 18.2 Å². The summed E-state index contributed by atoms with van der Waals surface area (Å²) in [7, 11) is -8.37. The van der Waals surface area contributed by atoms with Crippen molar-refractivity contribution in [3.05, 3.63) is 44.3 Å². The van der Waals surface area contributed by atoms with Crippen molar-refractivity contribution in [2.24, 2.45) is 21.1 Å². The number of nitrogens with two attached hydrogens (primary N) is 2. The van der Waals surface area contributed by atoms with Gasteiger partial charge in [0.15, 0.2) is 0 Å². The molecule has 0 unspecified atom stereocenters. The Morgan fingerprint density at radius 1 is 0.781 bits per heavy atom. The molecule has 0 atom stereocenters. The summed E-state index contributed by atoms with van der Waals surface area (Å²) in [4.78, 5) is -0.272. The Bertz CT molecular complexity index is 1260. The molecule has 6 nitrogen and oxygen atoms in total. The Morgan fingerprint density at radius 3 is 1.75 bits per heavy atom. The van der Waals surface area contributed by atoms with Gasteiger partial charge in [0.25, 0.3) is 0 Å². The summed E-state index contributed by atoms with van der Waals surface area (Å²) in [5.74, 6) is 0. The van der Waals surface area contributed by atoms with E-state index < -0.39 is 20.0 Å². The van der Waals surface area contributed by atoms with E-state index in [1.165, 1.54) is 6.07 Å². The monoisotopic (exact) mass is 608 g/mol. The minimum absolute atomic E-state index is 0.0934. The molecule has 0 amide bonds. The highest BCUT2D eigenvalue weighted by molar-refractivity contribution is 9.10. The minimum atomic E-state index is -4.22. The van der Waals surface area contributed by atoms with Crippen LogP contribution in [0.15, 0.2) is 43.0 Å². The van der Waals surface area contributed by atoms with Crippen molar-refractivity contribution in [2.75, 3.05) is 0 Å². The number of primary sulfonamides is 2. The SMILES string of the molecule is CC(C)(C)Cc1cc(-c2ccc(Br)cc2S(N)(=O)=O)c(S(N)(=O)=O)c(CC(C)(C)C)c1Br. The van der Waals surface area contributed by atoms with Gasteiger partial charge in [0.05, 0.1) is 9.79 Å². The third-order valence-corrected chi connectivity index (χ3v) is 8.10. The van der Waals surface area contributed by atoms with Gasteiger partial charge in [0, 0.05) is 20.1 Å². The molecular weight excluding hydrogens is 580 g/mol. The van der Waals surface area contributed by atoms with Crippen LogP contribution in [0.1, 0.15) is 52.7 Å². The van der Waals surface area contributed by atoms with E-state index >= 15 is 0 Å². The van der Waals surface area contributed by atoms with E-state index in [0.717, 1.165) is 5.56 Å². The predicted molar refractivity (Wildman–Crippen MR) is 136 cm³/mol. The van der Waals surface area contributed by atoms with Crippen molar-refractivity contribution in [1.82, 2.24) is 0 Å². The highest BCUT2D eigenvalue weighted by Gasteiger charge is 2.30. The maximum atomic E-state index is 12.9. The van der Waals surface area contributed by atoms with Gasteiger partial charge < -0.3 is 0 Å². The average molecular weight is 610 g/mol. The zero-order valence-corrected chi connectivity index (χ0v) is 23.9. The number of benzene rings is 2. The summed E-state index contributed by atoms with van der Waals surface area (Å²) in [6, 6.07) is 6.26. The molecule has 2 rings (SSSR count). The molecule has 0 aliphatic rings. The Morgan fingerprint density at radius 2 is 1.31 bits per heavy atom. The summed E-state index contributed by atoms with van der Waals surface area (Å²) in [6.45, 7) is 12.2. The molecule has 0 heterocycles. The third-order valence-electron chi connectivity index (χ3n) is 4.64. The average Bonchev–Trinajstić information content (AvgIpc) is 2.53. The van der Waals surface area contributed by atoms with Crippen LogP contribution in [0.3, 0.4) is 0 Å². The zero-order chi connectivity index (χ0) is 24.9. The van der Waals surface area contributed by atoms with Gasteiger partial charge in [-0.1, -0.05) is 79.5 Å². The fourth-order valence-electron chi connectivity index (χ4n) is 3.63. The molecule has 0 saturated heterocycles. The summed E-state index contributed by atoms with van der Waals surface area (Å²) >= 11 is 6.90. The van der Waals surface area contributed by atoms with E-state index in [4.69, 9.17) is 10.3 Å². The molecule has 0 aromatic heterocycles. The topological polar surface area (TPSA) is 120 Å². The molecule has 178 valence electrons. The van der Waals surface area contributed by atoms with Crippen molar-refractivity contribution in [1.29, 1.82) is 0 Å². The van der Waals surface area contributed by atoms with Gasteiger partial charge in [-0.2, -0.15) is 0 Å². The first-order valence-electron chi connectivity index (χ1n) is 9.90. The Balaban J connectivity index is 3.13. The van der Waals surface area contributed by atoms with Crippen LogP contribution in [0.2, 0.25) is 0 Å². The van der Waals surface area contributed by atoms with Gasteiger partial charge in [0.2, 0.25) is 20.0 Å². The van der Waals surface area contributed by atoms with Crippen LogP contribution in [0.4, 0.5) is 0 Å². The smallest absolute Gasteiger partial charge is 0.225 e. The maximum Gasteiger partial charge on any atom is 0.238 e. The number of hydrogen-bond donors (Lipinski definition) is 2. The first kappa shape index (κ1) is 27.5. The minimum Gasteiger partial charge on any atom is -0.225 e. The Kier molecular flexibility index (Phi) is 7.82. The number of rotatable bonds is 5. The molecule has 32 heavy (non-hydrogen) atoms. The van der Waals surface area contributed by atoms with Crippen LogP contribution in [-0.4, -0.2) is 16.8 Å². The lowest BCUT2D eigenvalue weighted by Crippen LogP contribution is -2.22. The number of hydrogen-bond acceptors (Lipinski definition) is 4. The van der Waals surface area contributed by atoms with E-state index in [9.17, 15) is 16.8 Å². The summed E-state index contributed by atoms with van der Waals surface area (Å²) in [5, 5.41) is 11.2.